The number of hydrogen-bond donors (Lipinski definition) is 2. The molecule has 8 nitrogen and oxygen atoms in total. The summed E-state index contributed by atoms with van der Waals surface area (Å²) in [7, 11) is -3.96. The van der Waals surface area contributed by atoms with Gasteiger partial charge in [-0.15, -0.1) is 0 Å². The quantitative estimate of drug-likeness (QED) is 0.497. The number of para-hydroxylation sites is 1. The number of amides is 1. The van der Waals surface area contributed by atoms with Crippen molar-refractivity contribution in [2.75, 3.05) is 5.32 Å². The smallest absolute Gasteiger partial charge is 0.279 e. The highest BCUT2D eigenvalue weighted by molar-refractivity contribution is 7.89. The van der Waals surface area contributed by atoms with Gasteiger partial charge in [-0.25, -0.2) is 13.6 Å². The van der Waals surface area contributed by atoms with Crippen LogP contribution in [0.25, 0.3) is 16.5 Å². The van der Waals surface area contributed by atoms with E-state index in [1.54, 1.807) is 62.4 Å². The van der Waals surface area contributed by atoms with Crippen LogP contribution in [0.4, 0.5) is 5.69 Å². The molecule has 0 aliphatic carbocycles. The van der Waals surface area contributed by atoms with Crippen LogP contribution < -0.4 is 16.0 Å². The van der Waals surface area contributed by atoms with Crippen LogP contribution in [-0.4, -0.2) is 24.1 Å². The van der Waals surface area contributed by atoms with E-state index in [4.69, 9.17) is 5.14 Å². The number of primary sulfonamides is 1. The minimum atomic E-state index is -3.96. The average Bonchev–Trinajstić information content (AvgIpc) is 2.77. The Labute approximate surface area is 184 Å². The molecule has 1 amide bonds. The van der Waals surface area contributed by atoms with Crippen LogP contribution in [0.15, 0.2) is 76.4 Å². The van der Waals surface area contributed by atoms with Crippen molar-refractivity contribution in [1.29, 1.82) is 0 Å². The number of nitrogens with one attached hydrogen (secondary N) is 1. The Bertz CT molecular complexity index is 1530. The van der Waals surface area contributed by atoms with Gasteiger partial charge >= 0.3 is 0 Å². The summed E-state index contributed by atoms with van der Waals surface area (Å²) >= 11 is 0. The molecule has 0 unspecified atom stereocenters. The third-order valence-electron chi connectivity index (χ3n) is 5.24. The SMILES string of the molecule is Cc1cc(S(N)(=O)=O)cc(NC(=O)c2nn(-c3ccccc3)c(=O)c3ccccc23)c1C. The standard InChI is InChI=1S/C23H20N4O4S/c1-14-12-17(32(24,30)31)13-20(15(14)2)25-22(28)21-18-10-6-7-11-19(18)23(29)27(26-21)16-8-4-3-5-9-16/h3-13H,1-2H3,(H,25,28)(H2,24,30,31). The number of benzene rings is 3. The lowest BCUT2D eigenvalue weighted by molar-refractivity contribution is 0.102. The first kappa shape index (κ1) is 21.4. The van der Waals surface area contributed by atoms with Crippen molar-refractivity contribution in [2.24, 2.45) is 5.14 Å². The molecule has 0 spiro atoms. The lowest BCUT2D eigenvalue weighted by Crippen LogP contribution is -2.26. The summed E-state index contributed by atoms with van der Waals surface area (Å²) in [6, 6.07) is 18.2. The Balaban J connectivity index is 1.88. The maximum Gasteiger partial charge on any atom is 0.279 e. The lowest BCUT2D eigenvalue weighted by atomic mass is 10.1. The van der Waals surface area contributed by atoms with Crippen molar-refractivity contribution in [3.8, 4) is 5.69 Å². The van der Waals surface area contributed by atoms with E-state index in [1.165, 1.54) is 16.8 Å². The first-order valence-electron chi connectivity index (χ1n) is 9.69. The molecule has 9 heteroatoms. The van der Waals surface area contributed by atoms with Crippen molar-refractivity contribution in [2.45, 2.75) is 18.7 Å². The molecule has 0 bridgehead atoms. The maximum absolute atomic E-state index is 13.3. The zero-order valence-corrected chi connectivity index (χ0v) is 18.2. The highest BCUT2D eigenvalue weighted by atomic mass is 32.2. The Morgan fingerprint density at radius 3 is 2.25 bits per heavy atom. The Kier molecular flexibility index (Phi) is 5.37. The van der Waals surface area contributed by atoms with Crippen LogP contribution in [0.2, 0.25) is 0 Å². The van der Waals surface area contributed by atoms with E-state index in [0.717, 1.165) is 0 Å². The van der Waals surface area contributed by atoms with E-state index in [2.05, 4.69) is 10.4 Å². The number of aryl methyl sites for hydroxylation is 1. The molecule has 0 aliphatic heterocycles. The van der Waals surface area contributed by atoms with Gasteiger partial charge in [0, 0.05) is 11.1 Å². The summed E-state index contributed by atoms with van der Waals surface area (Å²) in [5.74, 6) is -0.583. The number of hydrogen-bond acceptors (Lipinski definition) is 5. The molecule has 4 rings (SSSR count). The minimum Gasteiger partial charge on any atom is -0.320 e. The molecule has 1 aromatic heterocycles. The monoisotopic (exact) mass is 448 g/mol. The van der Waals surface area contributed by atoms with Gasteiger partial charge in [0.15, 0.2) is 5.69 Å². The summed E-state index contributed by atoms with van der Waals surface area (Å²) in [6.07, 6.45) is 0. The summed E-state index contributed by atoms with van der Waals surface area (Å²) in [5, 5.41) is 13.1. The van der Waals surface area contributed by atoms with Gasteiger partial charge in [-0.2, -0.15) is 9.78 Å². The number of aromatic nitrogens is 2. The molecule has 0 atom stereocenters. The second-order valence-electron chi connectivity index (χ2n) is 7.36. The third kappa shape index (κ3) is 3.91. The van der Waals surface area contributed by atoms with E-state index in [9.17, 15) is 18.0 Å². The fraction of sp³-hybridized carbons (Fsp3) is 0.0870. The first-order valence-corrected chi connectivity index (χ1v) is 11.2. The van der Waals surface area contributed by atoms with Crippen LogP contribution in [0.1, 0.15) is 21.6 Å². The van der Waals surface area contributed by atoms with Crippen molar-refractivity contribution in [3.05, 3.63) is 93.9 Å². The van der Waals surface area contributed by atoms with Gasteiger partial charge in [0.2, 0.25) is 10.0 Å². The molecule has 0 aliphatic rings. The van der Waals surface area contributed by atoms with Crippen LogP contribution in [0.3, 0.4) is 0 Å². The topological polar surface area (TPSA) is 124 Å². The Morgan fingerprint density at radius 1 is 0.969 bits per heavy atom. The molecule has 0 fully saturated rings. The summed E-state index contributed by atoms with van der Waals surface area (Å²) in [4.78, 5) is 26.2. The maximum atomic E-state index is 13.3. The molecule has 0 saturated carbocycles. The minimum absolute atomic E-state index is 0.0297. The van der Waals surface area contributed by atoms with Crippen molar-refractivity contribution in [3.63, 3.8) is 0 Å². The number of sulfonamides is 1. The number of fused-ring (bicyclic) bond motifs is 1. The normalized spacial score (nSPS) is 11.5. The van der Waals surface area contributed by atoms with Gasteiger partial charge in [-0.3, -0.25) is 9.59 Å². The number of carbonyl (C=O) groups is 1. The van der Waals surface area contributed by atoms with E-state index in [-0.39, 0.29) is 16.1 Å². The number of anilines is 1. The van der Waals surface area contributed by atoms with Crippen LogP contribution in [-0.2, 0) is 10.0 Å². The molecule has 162 valence electrons. The van der Waals surface area contributed by atoms with Crippen LogP contribution in [0, 0.1) is 13.8 Å². The van der Waals surface area contributed by atoms with Crippen molar-refractivity contribution < 1.29 is 13.2 Å². The van der Waals surface area contributed by atoms with Gasteiger partial charge in [-0.1, -0.05) is 36.4 Å². The summed E-state index contributed by atoms with van der Waals surface area (Å²) < 4.78 is 24.8. The highest BCUT2D eigenvalue weighted by Crippen LogP contribution is 2.25. The average molecular weight is 449 g/mol. The predicted molar refractivity (Wildman–Crippen MR) is 123 cm³/mol. The molecular weight excluding hydrogens is 428 g/mol. The zero-order valence-electron chi connectivity index (χ0n) is 17.4. The molecular formula is C23H20N4O4S. The molecule has 3 aromatic carbocycles. The number of nitrogens with two attached hydrogens (primary N) is 1. The van der Waals surface area contributed by atoms with Crippen molar-refractivity contribution >= 4 is 32.4 Å². The van der Waals surface area contributed by atoms with Gasteiger partial charge in [0.25, 0.3) is 11.5 Å². The molecule has 0 radical (unpaired) electrons. The van der Waals surface area contributed by atoms with Gasteiger partial charge < -0.3 is 5.32 Å². The van der Waals surface area contributed by atoms with Gasteiger partial charge in [0.05, 0.1) is 16.0 Å². The summed E-state index contributed by atoms with van der Waals surface area (Å²) in [6.45, 7) is 3.48. The molecule has 1 heterocycles. The van der Waals surface area contributed by atoms with E-state index < -0.39 is 15.9 Å². The second-order valence-corrected chi connectivity index (χ2v) is 8.92. The number of carbonyl (C=O) groups excluding carboxylic acids is 1. The van der Waals surface area contributed by atoms with Gasteiger partial charge in [0.1, 0.15) is 0 Å². The fourth-order valence-electron chi connectivity index (χ4n) is 3.40. The largest absolute Gasteiger partial charge is 0.320 e. The van der Waals surface area contributed by atoms with Crippen LogP contribution in [0.5, 0.6) is 0 Å². The Morgan fingerprint density at radius 2 is 1.59 bits per heavy atom. The summed E-state index contributed by atoms with van der Waals surface area (Å²) in [5.41, 5.74) is 1.82. The molecule has 0 saturated heterocycles. The lowest BCUT2D eigenvalue weighted by Gasteiger charge is -2.14. The highest BCUT2D eigenvalue weighted by Gasteiger charge is 2.20. The van der Waals surface area contributed by atoms with E-state index in [1.807, 2.05) is 6.07 Å². The van der Waals surface area contributed by atoms with Gasteiger partial charge in [-0.05, 0) is 55.3 Å². The Hall–Kier alpha value is -3.82. The van der Waals surface area contributed by atoms with E-state index >= 15 is 0 Å². The van der Waals surface area contributed by atoms with E-state index in [0.29, 0.717) is 33.3 Å². The number of nitrogens with zero attached hydrogens (tertiary/aromatic N) is 2. The zero-order chi connectivity index (χ0) is 23.0. The fourth-order valence-corrected chi connectivity index (χ4v) is 4.03. The molecule has 3 N–H and O–H groups in total. The number of rotatable bonds is 4. The predicted octanol–water partition coefficient (Wildman–Crippen LogP) is 2.90. The van der Waals surface area contributed by atoms with Crippen LogP contribution >= 0.6 is 0 Å². The molecule has 4 aromatic rings. The second kappa shape index (κ2) is 8.03. The molecule has 32 heavy (non-hydrogen) atoms. The van der Waals surface area contributed by atoms with Crippen molar-refractivity contribution in [1.82, 2.24) is 9.78 Å². The third-order valence-corrected chi connectivity index (χ3v) is 6.13. The first-order chi connectivity index (χ1) is 15.2.